The van der Waals surface area contributed by atoms with Gasteiger partial charge in [0.15, 0.2) is 0 Å². The van der Waals surface area contributed by atoms with E-state index in [1.54, 1.807) is 6.20 Å². The first kappa shape index (κ1) is 10.2. The van der Waals surface area contributed by atoms with Crippen molar-refractivity contribution in [3.63, 3.8) is 0 Å². The first-order valence-corrected chi connectivity index (χ1v) is 4.56. The molecule has 1 heterocycles. The summed E-state index contributed by atoms with van der Waals surface area (Å²) in [4.78, 5) is 4.23. The molecule has 0 radical (unpaired) electrons. The van der Waals surface area contributed by atoms with E-state index < -0.39 is 0 Å². The van der Waals surface area contributed by atoms with Gasteiger partial charge in [0, 0.05) is 6.20 Å². The maximum Gasteiger partial charge on any atom is 0.0762 e. The molecule has 0 aliphatic rings. The first-order chi connectivity index (χ1) is 6.29. The normalized spacial score (nSPS) is 12.5. The van der Waals surface area contributed by atoms with Gasteiger partial charge in [0.2, 0.25) is 0 Å². The van der Waals surface area contributed by atoms with Crippen LogP contribution in [0.25, 0.3) is 0 Å². The van der Waals surface area contributed by atoms with Crippen LogP contribution in [0.15, 0.2) is 31.0 Å². The fourth-order valence-corrected chi connectivity index (χ4v) is 1.44. The Morgan fingerprint density at radius 1 is 1.77 bits per heavy atom. The summed E-state index contributed by atoms with van der Waals surface area (Å²) in [5, 5.41) is 3.84. The van der Waals surface area contributed by atoms with E-state index in [1.165, 1.54) is 0 Å². The van der Waals surface area contributed by atoms with Crippen LogP contribution in [0.5, 0.6) is 0 Å². The molecule has 0 fully saturated rings. The zero-order chi connectivity index (χ0) is 9.68. The van der Waals surface area contributed by atoms with E-state index in [0.29, 0.717) is 5.02 Å². The highest BCUT2D eigenvalue weighted by molar-refractivity contribution is 6.31. The van der Waals surface area contributed by atoms with Gasteiger partial charge in [0.05, 0.1) is 16.8 Å². The molecule has 0 saturated heterocycles. The lowest BCUT2D eigenvalue weighted by atomic mass is 10.1. The summed E-state index contributed by atoms with van der Waals surface area (Å²) in [6.45, 7) is 3.69. The molecule has 1 N–H and O–H groups in total. The second kappa shape index (κ2) is 5.00. The van der Waals surface area contributed by atoms with Gasteiger partial charge >= 0.3 is 0 Å². The first-order valence-electron chi connectivity index (χ1n) is 4.18. The predicted molar refractivity (Wildman–Crippen MR) is 55.9 cm³/mol. The monoisotopic (exact) mass is 196 g/mol. The number of nitrogens with zero attached hydrogens (tertiary/aromatic N) is 1. The van der Waals surface area contributed by atoms with Crippen molar-refractivity contribution < 1.29 is 0 Å². The number of rotatable bonds is 4. The van der Waals surface area contributed by atoms with E-state index >= 15 is 0 Å². The molecular weight excluding hydrogens is 184 g/mol. The average Bonchev–Trinajstić information content (AvgIpc) is 2.16. The summed E-state index contributed by atoms with van der Waals surface area (Å²) in [6, 6.07) is 3.83. The molecule has 0 aliphatic carbocycles. The summed E-state index contributed by atoms with van der Waals surface area (Å²) >= 11 is 6.00. The number of aromatic nitrogens is 1. The molecular formula is C10H13ClN2. The number of hydrogen-bond acceptors (Lipinski definition) is 2. The third kappa shape index (κ3) is 2.54. The van der Waals surface area contributed by atoms with Gasteiger partial charge < -0.3 is 5.32 Å². The van der Waals surface area contributed by atoms with E-state index in [4.69, 9.17) is 11.6 Å². The minimum absolute atomic E-state index is 0.159. The highest BCUT2D eigenvalue weighted by Gasteiger charge is 2.11. The van der Waals surface area contributed by atoms with E-state index in [9.17, 15) is 0 Å². The van der Waals surface area contributed by atoms with Gasteiger partial charge in [0.1, 0.15) is 0 Å². The van der Waals surface area contributed by atoms with Gasteiger partial charge in [-0.3, -0.25) is 4.98 Å². The summed E-state index contributed by atoms with van der Waals surface area (Å²) in [6.07, 6.45) is 4.42. The van der Waals surface area contributed by atoms with Gasteiger partial charge in [-0.05, 0) is 25.6 Å². The number of hydrogen-bond donors (Lipinski definition) is 1. The quantitative estimate of drug-likeness (QED) is 0.749. The smallest absolute Gasteiger partial charge is 0.0762 e. The Kier molecular flexibility index (Phi) is 3.93. The Morgan fingerprint density at radius 2 is 2.54 bits per heavy atom. The minimum Gasteiger partial charge on any atom is -0.311 e. The van der Waals surface area contributed by atoms with Gasteiger partial charge in [0.25, 0.3) is 0 Å². The summed E-state index contributed by atoms with van der Waals surface area (Å²) in [7, 11) is 1.89. The van der Waals surface area contributed by atoms with Crippen LogP contribution >= 0.6 is 11.6 Å². The van der Waals surface area contributed by atoms with Gasteiger partial charge in [-0.2, -0.15) is 0 Å². The van der Waals surface area contributed by atoms with Crippen LogP contribution in [0.3, 0.4) is 0 Å². The molecule has 0 spiro atoms. The zero-order valence-corrected chi connectivity index (χ0v) is 8.38. The fraction of sp³-hybridized carbons (Fsp3) is 0.300. The molecule has 1 aromatic heterocycles. The summed E-state index contributed by atoms with van der Waals surface area (Å²) in [5.41, 5.74) is 0.881. The Bertz CT molecular complexity index is 286. The Labute approximate surface area is 83.6 Å². The molecule has 70 valence electrons. The molecule has 2 nitrogen and oxygen atoms in total. The summed E-state index contributed by atoms with van der Waals surface area (Å²) in [5.74, 6) is 0. The molecule has 0 amide bonds. The molecule has 0 aliphatic heterocycles. The molecule has 3 heteroatoms. The summed E-state index contributed by atoms with van der Waals surface area (Å²) < 4.78 is 0. The molecule has 0 aromatic carbocycles. The van der Waals surface area contributed by atoms with Crippen molar-refractivity contribution in [3.05, 3.63) is 41.7 Å². The van der Waals surface area contributed by atoms with Crippen molar-refractivity contribution in [1.29, 1.82) is 0 Å². The Morgan fingerprint density at radius 3 is 3.08 bits per heavy atom. The van der Waals surface area contributed by atoms with Crippen LogP contribution in [-0.2, 0) is 0 Å². The van der Waals surface area contributed by atoms with E-state index in [1.807, 2.05) is 25.3 Å². The standard InChI is InChI=1S/C10H13ClN2/c1-3-5-9(12-2)10-8(11)6-4-7-13-10/h3-4,6-7,9,12H,1,5H2,2H3. The third-order valence-corrected chi connectivity index (χ3v) is 2.19. The van der Waals surface area contributed by atoms with Crippen LogP contribution < -0.4 is 5.32 Å². The maximum atomic E-state index is 6.00. The van der Waals surface area contributed by atoms with Crippen molar-refractivity contribution in [3.8, 4) is 0 Å². The van der Waals surface area contributed by atoms with Crippen LogP contribution in [0, 0.1) is 0 Å². The number of pyridine rings is 1. The SMILES string of the molecule is C=CCC(NC)c1ncccc1Cl. The molecule has 1 atom stereocenters. The molecule has 0 saturated carbocycles. The molecule has 13 heavy (non-hydrogen) atoms. The lowest BCUT2D eigenvalue weighted by molar-refractivity contribution is 0.587. The second-order valence-electron chi connectivity index (χ2n) is 2.74. The largest absolute Gasteiger partial charge is 0.311 e. The van der Waals surface area contributed by atoms with Gasteiger partial charge in [-0.1, -0.05) is 17.7 Å². The van der Waals surface area contributed by atoms with Crippen molar-refractivity contribution >= 4 is 11.6 Å². The van der Waals surface area contributed by atoms with Crippen LogP contribution in [0.2, 0.25) is 5.02 Å². The lowest BCUT2D eigenvalue weighted by Crippen LogP contribution is -2.17. The van der Waals surface area contributed by atoms with Crippen LogP contribution in [0.1, 0.15) is 18.2 Å². The number of halogens is 1. The predicted octanol–water partition coefficient (Wildman–Crippen LogP) is 2.57. The average molecular weight is 197 g/mol. The second-order valence-corrected chi connectivity index (χ2v) is 3.14. The van der Waals surface area contributed by atoms with Gasteiger partial charge in [-0.25, -0.2) is 0 Å². The molecule has 1 rings (SSSR count). The molecule has 1 aromatic rings. The lowest BCUT2D eigenvalue weighted by Gasteiger charge is -2.14. The molecule has 0 bridgehead atoms. The van der Waals surface area contributed by atoms with Crippen molar-refractivity contribution in [2.75, 3.05) is 7.05 Å². The minimum atomic E-state index is 0.159. The number of nitrogens with one attached hydrogen (secondary N) is 1. The van der Waals surface area contributed by atoms with Gasteiger partial charge in [-0.15, -0.1) is 6.58 Å². The highest BCUT2D eigenvalue weighted by Crippen LogP contribution is 2.22. The van der Waals surface area contributed by atoms with Crippen molar-refractivity contribution in [1.82, 2.24) is 10.3 Å². The Hall–Kier alpha value is -0.860. The van der Waals surface area contributed by atoms with E-state index in [0.717, 1.165) is 12.1 Å². The van der Waals surface area contributed by atoms with Crippen molar-refractivity contribution in [2.45, 2.75) is 12.5 Å². The topological polar surface area (TPSA) is 24.9 Å². The molecule has 1 unspecified atom stereocenters. The van der Waals surface area contributed by atoms with Crippen LogP contribution in [0.4, 0.5) is 0 Å². The maximum absolute atomic E-state index is 6.00. The zero-order valence-electron chi connectivity index (χ0n) is 7.63. The van der Waals surface area contributed by atoms with E-state index in [-0.39, 0.29) is 6.04 Å². The highest BCUT2D eigenvalue weighted by atomic mass is 35.5. The Balaban J connectivity index is 2.90. The van der Waals surface area contributed by atoms with Crippen molar-refractivity contribution in [2.24, 2.45) is 0 Å². The van der Waals surface area contributed by atoms with E-state index in [2.05, 4.69) is 16.9 Å². The third-order valence-electron chi connectivity index (χ3n) is 1.87. The fourth-order valence-electron chi connectivity index (χ4n) is 1.19. The van der Waals surface area contributed by atoms with Crippen LogP contribution in [-0.4, -0.2) is 12.0 Å².